The van der Waals surface area contributed by atoms with Crippen LogP contribution in [0.2, 0.25) is 0 Å². The van der Waals surface area contributed by atoms with Gasteiger partial charge in [0.2, 0.25) is 0 Å². The van der Waals surface area contributed by atoms with Crippen LogP contribution < -0.4 is 10.1 Å². The highest BCUT2D eigenvalue weighted by Gasteiger charge is 2.03. The van der Waals surface area contributed by atoms with Gasteiger partial charge in [0.1, 0.15) is 18.2 Å². The maximum absolute atomic E-state index is 13.0. The normalized spacial score (nSPS) is 10.6. The van der Waals surface area contributed by atoms with E-state index < -0.39 is 0 Å². The summed E-state index contributed by atoms with van der Waals surface area (Å²) < 4.78 is 19.5. The lowest BCUT2D eigenvalue weighted by Crippen LogP contribution is -2.13. The summed E-state index contributed by atoms with van der Waals surface area (Å²) in [5, 5.41) is 3.36. The third kappa shape index (κ3) is 5.14. The summed E-state index contributed by atoms with van der Waals surface area (Å²) in [6.45, 7) is 4.40. The largest absolute Gasteiger partial charge is 0.489 e. The molecular formula is C17H19BrFNO. The van der Waals surface area contributed by atoms with E-state index in [1.54, 1.807) is 6.07 Å². The Kier molecular flexibility index (Phi) is 6.21. The summed E-state index contributed by atoms with van der Waals surface area (Å²) in [5.41, 5.74) is 2.12. The van der Waals surface area contributed by atoms with Crippen molar-refractivity contribution in [3.05, 3.63) is 63.9 Å². The molecule has 0 heterocycles. The summed E-state index contributed by atoms with van der Waals surface area (Å²) >= 11 is 3.35. The predicted octanol–water partition coefficient (Wildman–Crippen LogP) is 4.67. The van der Waals surface area contributed by atoms with Crippen LogP contribution in [-0.2, 0) is 13.2 Å². The van der Waals surface area contributed by atoms with Gasteiger partial charge in [0, 0.05) is 16.6 Å². The van der Waals surface area contributed by atoms with Crippen LogP contribution >= 0.6 is 15.9 Å². The van der Waals surface area contributed by atoms with Crippen molar-refractivity contribution in [1.82, 2.24) is 5.32 Å². The van der Waals surface area contributed by atoms with Gasteiger partial charge in [-0.3, -0.25) is 0 Å². The molecule has 21 heavy (non-hydrogen) atoms. The van der Waals surface area contributed by atoms with E-state index in [4.69, 9.17) is 4.74 Å². The highest BCUT2D eigenvalue weighted by atomic mass is 79.9. The number of hydrogen-bond acceptors (Lipinski definition) is 2. The summed E-state index contributed by atoms with van der Waals surface area (Å²) in [6.07, 6.45) is 1.12. The zero-order chi connectivity index (χ0) is 15.1. The third-order valence-corrected chi connectivity index (χ3v) is 3.80. The maximum atomic E-state index is 13.0. The van der Waals surface area contributed by atoms with Crippen LogP contribution in [0.25, 0.3) is 0 Å². The van der Waals surface area contributed by atoms with Crippen LogP contribution in [0, 0.1) is 5.82 Å². The minimum absolute atomic E-state index is 0.255. The van der Waals surface area contributed by atoms with E-state index in [0.717, 1.165) is 35.3 Å². The summed E-state index contributed by atoms with van der Waals surface area (Å²) in [5.74, 6) is 0.566. The molecule has 0 aliphatic heterocycles. The second-order valence-corrected chi connectivity index (χ2v) is 5.70. The molecule has 0 bridgehead atoms. The lowest BCUT2D eigenvalue weighted by atomic mass is 10.2. The first-order chi connectivity index (χ1) is 10.2. The number of benzene rings is 2. The van der Waals surface area contributed by atoms with Crippen molar-refractivity contribution in [3.63, 3.8) is 0 Å². The number of nitrogens with one attached hydrogen (secondary N) is 1. The molecule has 0 aliphatic carbocycles. The SMILES string of the molecule is CCCNCc1cccc(OCc2ccc(F)cc2Br)c1. The molecule has 2 aromatic carbocycles. The second-order valence-electron chi connectivity index (χ2n) is 4.85. The van der Waals surface area contributed by atoms with E-state index in [2.05, 4.69) is 34.2 Å². The highest BCUT2D eigenvalue weighted by molar-refractivity contribution is 9.10. The van der Waals surface area contributed by atoms with Crippen molar-refractivity contribution in [2.45, 2.75) is 26.5 Å². The van der Waals surface area contributed by atoms with Crippen molar-refractivity contribution in [1.29, 1.82) is 0 Å². The number of hydrogen-bond donors (Lipinski definition) is 1. The molecule has 2 rings (SSSR count). The Bertz CT molecular complexity index is 589. The van der Waals surface area contributed by atoms with E-state index in [9.17, 15) is 4.39 Å². The van der Waals surface area contributed by atoms with Crippen LogP contribution in [-0.4, -0.2) is 6.54 Å². The van der Waals surface area contributed by atoms with Crippen molar-refractivity contribution >= 4 is 15.9 Å². The van der Waals surface area contributed by atoms with E-state index in [1.165, 1.54) is 17.7 Å². The molecule has 2 nitrogen and oxygen atoms in total. The fourth-order valence-electron chi connectivity index (χ4n) is 1.95. The molecule has 1 N–H and O–H groups in total. The van der Waals surface area contributed by atoms with Gasteiger partial charge in [-0.1, -0.05) is 41.1 Å². The summed E-state index contributed by atoms with van der Waals surface area (Å²) in [6, 6.07) is 12.6. The first-order valence-electron chi connectivity index (χ1n) is 7.05. The Labute approximate surface area is 133 Å². The van der Waals surface area contributed by atoms with Gasteiger partial charge in [-0.15, -0.1) is 0 Å². The Hall–Kier alpha value is -1.39. The zero-order valence-corrected chi connectivity index (χ0v) is 13.6. The van der Waals surface area contributed by atoms with Crippen molar-refractivity contribution in [3.8, 4) is 5.75 Å². The van der Waals surface area contributed by atoms with E-state index in [-0.39, 0.29) is 5.82 Å². The molecule has 0 saturated carbocycles. The molecule has 2 aromatic rings. The number of halogens is 2. The molecule has 4 heteroatoms. The first-order valence-corrected chi connectivity index (χ1v) is 7.84. The van der Waals surface area contributed by atoms with E-state index >= 15 is 0 Å². The monoisotopic (exact) mass is 351 g/mol. The van der Waals surface area contributed by atoms with Gasteiger partial charge >= 0.3 is 0 Å². The Morgan fingerprint density at radius 3 is 2.81 bits per heavy atom. The lowest BCUT2D eigenvalue weighted by molar-refractivity contribution is 0.305. The van der Waals surface area contributed by atoms with Gasteiger partial charge in [0.15, 0.2) is 0 Å². The molecule has 0 spiro atoms. The van der Waals surface area contributed by atoms with Crippen LogP contribution in [0.4, 0.5) is 4.39 Å². The van der Waals surface area contributed by atoms with Crippen LogP contribution in [0.5, 0.6) is 5.75 Å². The van der Waals surface area contributed by atoms with Gasteiger partial charge in [0.25, 0.3) is 0 Å². The standard InChI is InChI=1S/C17H19BrFNO/c1-2-8-20-11-13-4-3-5-16(9-13)21-12-14-6-7-15(19)10-17(14)18/h3-7,9-10,20H,2,8,11-12H2,1H3. The third-order valence-electron chi connectivity index (χ3n) is 3.06. The van der Waals surface area contributed by atoms with Crippen LogP contribution in [0.1, 0.15) is 24.5 Å². The molecule has 0 radical (unpaired) electrons. The topological polar surface area (TPSA) is 21.3 Å². The lowest BCUT2D eigenvalue weighted by Gasteiger charge is -2.10. The first kappa shape index (κ1) is 16.0. The molecule has 0 aromatic heterocycles. The van der Waals surface area contributed by atoms with Gasteiger partial charge in [-0.25, -0.2) is 4.39 Å². The van der Waals surface area contributed by atoms with Crippen molar-refractivity contribution in [2.24, 2.45) is 0 Å². The molecule has 0 atom stereocenters. The highest BCUT2D eigenvalue weighted by Crippen LogP contribution is 2.21. The fourth-order valence-corrected chi connectivity index (χ4v) is 2.42. The molecule has 0 unspecified atom stereocenters. The van der Waals surface area contributed by atoms with Gasteiger partial charge < -0.3 is 10.1 Å². The van der Waals surface area contributed by atoms with Gasteiger partial charge in [0.05, 0.1) is 0 Å². The average molecular weight is 352 g/mol. The minimum atomic E-state index is -0.255. The van der Waals surface area contributed by atoms with Crippen molar-refractivity contribution in [2.75, 3.05) is 6.54 Å². The number of ether oxygens (including phenoxy) is 1. The molecule has 0 aliphatic rings. The maximum Gasteiger partial charge on any atom is 0.124 e. The second kappa shape index (κ2) is 8.15. The summed E-state index contributed by atoms with van der Waals surface area (Å²) in [7, 11) is 0. The van der Waals surface area contributed by atoms with E-state index in [0.29, 0.717) is 6.61 Å². The Morgan fingerprint density at radius 1 is 1.19 bits per heavy atom. The van der Waals surface area contributed by atoms with Crippen LogP contribution in [0.3, 0.4) is 0 Å². The Balaban J connectivity index is 1.95. The number of rotatable bonds is 7. The fraction of sp³-hybridized carbons (Fsp3) is 0.294. The smallest absolute Gasteiger partial charge is 0.124 e. The van der Waals surface area contributed by atoms with Crippen LogP contribution in [0.15, 0.2) is 46.9 Å². The Morgan fingerprint density at radius 2 is 2.05 bits per heavy atom. The minimum Gasteiger partial charge on any atom is -0.489 e. The van der Waals surface area contributed by atoms with Crippen molar-refractivity contribution < 1.29 is 9.13 Å². The molecule has 0 fully saturated rings. The van der Waals surface area contributed by atoms with E-state index in [1.807, 2.05) is 18.2 Å². The van der Waals surface area contributed by atoms with Gasteiger partial charge in [-0.2, -0.15) is 0 Å². The molecule has 0 amide bonds. The molecular weight excluding hydrogens is 333 g/mol. The quantitative estimate of drug-likeness (QED) is 0.732. The van der Waals surface area contributed by atoms with Gasteiger partial charge in [-0.05, 0) is 42.8 Å². The molecule has 112 valence electrons. The molecule has 0 saturated heterocycles. The predicted molar refractivity (Wildman–Crippen MR) is 86.9 cm³/mol. The average Bonchev–Trinajstić information content (AvgIpc) is 2.47. The zero-order valence-electron chi connectivity index (χ0n) is 12.0. The summed E-state index contributed by atoms with van der Waals surface area (Å²) in [4.78, 5) is 0.